The fraction of sp³-hybridized carbons (Fsp3) is 0.167. The number of benzene rings is 2. The van der Waals surface area contributed by atoms with Crippen LogP contribution in [0.15, 0.2) is 70.5 Å². The highest BCUT2D eigenvalue weighted by Gasteiger charge is 2.15. The van der Waals surface area contributed by atoms with Crippen molar-refractivity contribution in [3.05, 3.63) is 71.1 Å². The molecule has 0 aliphatic carbocycles. The third kappa shape index (κ3) is 3.89. The number of pyridine rings is 1. The summed E-state index contributed by atoms with van der Waals surface area (Å²) in [5.41, 5.74) is 0.106. The SMILES string of the molecule is COCCn1cc(NS(=O)(=O)c2ccc3ccccc3c2)ccc1=O. The summed E-state index contributed by atoms with van der Waals surface area (Å²) in [4.78, 5) is 12.0. The van der Waals surface area contributed by atoms with E-state index >= 15 is 0 Å². The largest absolute Gasteiger partial charge is 0.383 e. The van der Waals surface area contributed by atoms with E-state index in [0.717, 1.165) is 10.8 Å². The molecule has 3 rings (SSSR count). The molecule has 0 aliphatic rings. The maximum absolute atomic E-state index is 12.6. The molecule has 0 atom stereocenters. The Morgan fingerprint density at radius 1 is 1.04 bits per heavy atom. The Morgan fingerprint density at radius 2 is 1.80 bits per heavy atom. The van der Waals surface area contributed by atoms with Crippen molar-refractivity contribution in [2.75, 3.05) is 18.4 Å². The van der Waals surface area contributed by atoms with Gasteiger partial charge in [0.05, 0.1) is 17.2 Å². The minimum Gasteiger partial charge on any atom is -0.383 e. The number of anilines is 1. The molecule has 0 unspecified atom stereocenters. The smallest absolute Gasteiger partial charge is 0.261 e. The van der Waals surface area contributed by atoms with Crippen LogP contribution in [0.3, 0.4) is 0 Å². The number of nitrogens with one attached hydrogen (secondary N) is 1. The Bertz CT molecular complexity index is 1060. The second-order valence-electron chi connectivity index (χ2n) is 5.56. The van der Waals surface area contributed by atoms with Gasteiger partial charge in [-0.15, -0.1) is 0 Å². The van der Waals surface area contributed by atoms with Gasteiger partial charge in [-0.25, -0.2) is 8.42 Å². The molecule has 0 radical (unpaired) electrons. The van der Waals surface area contributed by atoms with Gasteiger partial charge in [-0.2, -0.15) is 0 Å². The van der Waals surface area contributed by atoms with Crippen molar-refractivity contribution in [1.82, 2.24) is 4.57 Å². The van der Waals surface area contributed by atoms with Gasteiger partial charge in [0, 0.05) is 25.9 Å². The molecule has 0 bridgehead atoms. The van der Waals surface area contributed by atoms with Crippen molar-refractivity contribution in [1.29, 1.82) is 0 Å². The van der Waals surface area contributed by atoms with Crippen LogP contribution in [0.25, 0.3) is 10.8 Å². The molecule has 130 valence electrons. The van der Waals surface area contributed by atoms with Gasteiger partial charge >= 0.3 is 0 Å². The fourth-order valence-electron chi connectivity index (χ4n) is 2.50. The summed E-state index contributed by atoms with van der Waals surface area (Å²) >= 11 is 0. The lowest BCUT2D eigenvalue weighted by Gasteiger charge is -2.11. The van der Waals surface area contributed by atoms with Gasteiger partial charge < -0.3 is 9.30 Å². The summed E-state index contributed by atoms with van der Waals surface area (Å²) in [5.74, 6) is 0. The van der Waals surface area contributed by atoms with E-state index in [0.29, 0.717) is 18.8 Å². The van der Waals surface area contributed by atoms with Gasteiger partial charge in [-0.05, 0) is 29.0 Å². The molecule has 0 saturated carbocycles. The van der Waals surface area contributed by atoms with Gasteiger partial charge in [0.25, 0.3) is 15.6 Å². The zero-order chi connectivity index (χ0) is 17.9. The molecule has 1 N–H and O–H groups in total. The van der Waals surface area contributed by atoms with E-state index in [2.05, 4.69) is 4.72 Å². The number of aromatic nitrogens is 1. The van der Waals surface area contributed by atoms with E-state index < -0.39 is 10.0 Å². The first-order chi connectivity index (χ1) is 12.0. The zero-order valence-corrected chi connectivity index (χ0v) is 14.5. The van der Waals surface area contributed by atoms with Crippen molar-refractivity contribution < 1.29 is 13.2 Å². The average molecular weight is 358 g/mol. The Balaban J connectivity index is 1.91. The molecule has 0 amide bonds. The van der Waals surface area contributed by atoms with Crippen LogP contribution in [-0.2, 0) is 21.3 Å². The highest BCUT2D eigenvalue weighted by atomic mass is 32.2. The zero-order valence-electron chi connectivity index (χ0n) is 13.7. The van der Waals surface area contributed by atoms with Crippen LogP contribution in [0, 0.1) is 0 Å². The molecule has 0 saturated heterocycles. The van der Waals surface area contributed by atoms with Gasteiger partial charge in [-0.1, -0.05) is 30.3 Å². The number of ether oxygens (including phenoxy) is 1. The number of nitrogens with zero attached hydrogens (tertiary/aromatic N) is 1. The lowest BCUT2D eigenvalue weighted by atomic mass is 10.1. The van der Waals surface area contributed by atoms with Gasteiger partial charge in [0.2, 0.25) is 0 Å². The predicted molar refractivity (Wildman–Crippen MR) is 97.3 cm³/mol. The van der Waals surface area contributed by atoms with Crippen molar-refractivity contribution in [3.8, 4) is 0 Å². The van der Waals surface area contributed by atoms with E-state index in [4.69, 9.17) is 4.74 Å². The first-order valence-corrected chi connectivity index (χ1v) is 9.19. The molecular weight excluding hydrogens is 340 g/mol. The van der Waals surface area contributed by atoms with E-state index in [1.807, 2.05) is 24.3 Å². The van der Waals surface area contributed by atoms with E-state index in [1.165, 1.54) is 30.0 Å². The van der Waals surface area contributed by atoms with Crippen molar-refractivity contribution in [2.45, 2.75) is 11.4 Å². The topological polar surface area (TPSA) is 77.4 Å². The third-order valence-corrected chi connectivity index (χ3v) is 5.18. The molecule has 2 aromatic carbocycles. The second kappa shape index (κ2) is 7.08. The average Bonchev–Trinajstić information content (AvgIpc) is 2.61. The summed E-state index contributed by atoms with van der Waals surface area (Å²) in [6.07, 6.45) is 1.47. The molecule has 25 heavy (non-hydrogen) atoms. The van der Waals surface area contributed by atoms with Crippen molar-refractivity contribution >= 4 is 26.5 Å². The second-order valence-corrected chi connectivity index (χ2v) is 7.24. The molecule has 0 spiro atoms. The van der Waals surface area contributed by atoms with E-state index in [1.54, 1.807) is 18.2 Å². The number of rotatable bonds is 6. The minimum absolute atomic E-state index is 0.167. The molecule has 0 aliphatic heterocycles. The van der Waals surface area contributed by atoms with Crippen molar-refractivity contribution in [2.24, 2.45) is 0 Å². The van der Waals surface area contributed by atoms with Gasteiger partial charge in [0.1, 0.15) is 0 Å². The molecule has 6 nitrogen and oxygen atoms in total. The van der Waals surface area contributed by atoms with Crippen LogP contribution < -0.4 is 10.3 Å². The summed E-state index contributed by atoms with van der Waals surface area (Å²) in [5, 5.41) is 1.81. The minimum atomic E-state index is -3.75. The summed E-state index contributed by atoms with van der Waals surface area (Å²) < 4.78 is 34.1. The molecular formula is C18H18N2O4S. The monoisotopic (exact) mass is 358 g/mol. The van der Waals surface area contributed by atoms with Crippen LogP contribution in [-0.4, -0.2) is 26.7 Å². The number of methoxy groups -OCH3 is 1. The maximum Gasteiger partial charge on any atom is 0.261 e. The van der Waals surface area contributed by atoms with Crippen LogP contribution in [0.5, 0.6) is 0 Å². The van der Waals surface area contributed by atoms with Gasteiger partial charge in [-0.3, -0.25) is 9.52 Å². The Labute approximate surface area is 145 Å². The predicted octanol–water partition coefficient (Wildman–Crippen LogP) is 2.45. The Morgan fingerprint density at radius 3 is 2.56 bits per heavy atom. The van der Waals surface area contributed by atoms with Crippen LogP contribution in [0.4, 0.5) is 5.69 Å². The molecule has 0 fully saturated rings. The van der Waals surface area contributed by atoms with E-state index in [9.17, 15) is 13.2 Å². The summed E-state index contributed by atoms with van der Waals surface area (Å²) in [6, 6.07) is 15.3. The highest BCUT2D eigenvalue weighted by Crippen LogP contribution is 2.21. The van der Waals surface area contributed by atoms with E-state index in [-0.39, 0.29) is 10.5 Å². The lowest BCUT2D eigenvalue weighted by molar-refractivity contribution is 0.186. The number of fused-ring (bicyclic) bond motifs is 1. The normalized spacial score (nSPS) is 11.6. The quantitative estimate of drug-likeness (QED) is 0.734. The van der Waals surface area contributed by atoms with Crippen LogP contribution in [0.2, 0.25) is 0 Å². The Kier molecular flexibility index (Phi) is 4.87. The number of hydrogen-bond donors (Lipinski definition) is 1. The maximum atomic E-state index is 12.6. The number of hydrogen-bond acceptors (Lipinski definition) is 4. The summed E-state index contributed by atoms with van der Waals surface area (Å²) in [6.45, 7) is 0.710. The third-order valence-electron chi connectivity index (χ3n) is 3.80. The molecule has 1 aromatic heterocycles. The van der Waals surface area contributed by atoms with Crippen LogP contribution in [0.1, 0.15) is 0 Å². The Hall–Kier alpha value is -2.64. The molecule has 7 heteroatoms. The van der Waals surface area contributed by atoms with Crippen molar-refractivity contribution in [3.63, 3.8) is 0 Å². The fourth-order valence-corrected chi connectivity index (χ4v) is 3.58. The molecule has 3 aromatic rings. The van der Waals surface area contributed by atoms with Gasteiger partial charge in [0.15, 0.2) is 0 Å². The standard InChI is InChI=1S/C18H18N2O4S/c1-24-11-10-20-13-16(7-9-18(20)21)19-25(22,23)17-8-6-14-4-2-3-5-15(14)12-17/h2-9,12-13,19H,10-11H2,1H3. The lowest BCUT2D eigenvalue weighted by Crippen LogP contribution is -2.22. The number of sulfonamides is 1. The highest BCUT2D eigenvalue weighted by molar-refractivity contribution is 7.92. The first-order valence-electron chi connectivity index (χ1n) is 7.71. The first kappa shape index (κ1) is 17.2. The van der Waals surface area contributed by atoms with Crippen LogP contribution >= 0.6 is 0 Å². The molecule has 1 heterocycles. The summed E-state index contributed by atoms with van der Waals surface area (Å²) in [7, 11) is -2.21.